The van der Waals surface area contributed by atoms with Gasteiger partial charge in [-0.05, 0) is 54.1 Å². The van der Waals surface area contributed by atoms with E-state index in [4.69, 9.17) is 16.2 Å². The topological polar surface area (TPSA) is 99.1 Å². The van der Waals surface area contributed by atoms with Crippen LogP contribution in [-0.4, -0.2) is 9.97 Å². The van der Waals surface area contributed by atoms with Crippen molar-refractivity contribution in [2.45, 2.75) is 6.42 Å². The van der Waals surface area contributed by atoms with Crippen LogP contribution >= 0.6 is 0 Å². The van der Waals surface area contributed by atoms with Crippen molar-refractivity contribution in [3.8, 4) is 11.5 Å². The van der Waals surface area contributed by atoms with E-state index in [1.54, 1.807) is 24.8 Å². The zero-order valence-electron chi connectivity index (χ0n) is 16.9. The summed E-state index contributed by atoms with van der Waals surface area (Å²) >= 11 is 0. The van der Waals surface area contributed by atoms with Gasteiger partial charge < -0.3 is 21.5 Å². The molecule has 0 unspecified atom stereocenters. The summed E-state index contributed by atoms with van der Waals surface area (Å²) in [5, 5.41) is 5.02. The second-order valence-electron chi connectivity index (χ2n) is 6.95. The van der Waals surface area contributed by atoms with Crippen LogP contribution in [0.2, 0.25) is 0 Å². The molecule has 0 amide bonds. The van der Waals surface area contributed by atoms with E-state index in [2.05, 4.69) is 15.3 Å². The largest absolute Gasteiger partial charge is 0.457 e. The first-order valence-electron chi connectivity index (χ1n) is 9.86. The Morgan fingerprint density at radius 1 is 0.710 bits per heavy atom. The van der Waals surface area contributed by atoms with Gasteiger partial charge in [-0.3, -0.25) is 9.97 Å². The maximum Gasteiger partial charge on any atom is 0.130 e. The quantitative estimate of drug-likeness (QED) is 0.453. The minimum Gasteiger partial charge on any atom is -0.457 e. The number of hydrogen-bond acceptors (Lipinski definition) is 6. The first-order valence-corrected chi connectivity index (χ1v) is 9.86. The zero-order valence-corrected chi connectivity index (χ0v) is 16.9. The van der Waals surface area contributed by atoms with Crippen LogP contribution in [0.15, 0.2) is 97.6 Å². The normalized spacial score (nSPS) is 12.6. The maximum atomic E-state index is 6.43. The van der Waals surface area contributed by atoms with E-state index in [1.807, 2.05) is 72.8 Å². The lowest BCUT2D eigenvalue weighted by Crippen LogP contribution is -2.36. The predicted octanol–water partition coefficient (Wildman–Crippen LogP) is 2.72. The summed E-state index contributed by atoms with van der Waals surface area (Å²) in [6, 6.07) is 22.9. The van der Waals surface area contributed by atoms with E-state index in [1.165, 1.54) is 0 Å². The fourth-order valence-corrected chi connectivity index (χ4v) is 3.19. The second kappa shape index (κ2) is 9.45. The van der Waals surface area contributed by atoms with Gasteiger partial charge in [0.05, 0.1) is 0 Å². The van der Waals surface area contributed by atoms with Gasteiger partial charge in [0, 0.05) is 53.0 Å². The summed E-state index contributed by atoms with van der Waals surface area (Å²) < 4.78 is 5.80. The molecular weight excluding hydrogens is 386 g/mol. The molecule has 0 aliphatic rings. The zero-order chi connectivity index (χ0) is 21.5. The van der Waals surface area contributed by atoms with Crippen molar-refractivity contribution >= 4 is 17.2 Å². The molecule has 31 heavy (non-hydrogen) atoms. The average molecular weight is 409 g/mol. The van der Waals surface area contributed by atoms with Gasteiger partial charge in [0.25, 0.3) is 0 Å². The number of aromatic nitrogens is 2. The average Bonchev–Trinajstić information content (AvgIpc) is 2.81. The smallest absolute Gasteiger partial charge is 0.130 e. The van der Waals surface area contributed by atoms with E-state index in [0.717, 1.165) is 38.9 Å². The molecule has 0 spiro atoms. The fraction of sp³-hybridized carbons (Fsp3) is 0.0400. The van der Waals surface area contributed by atoms with E-state index in [9.17, 15) is 0 Å². The number of rotatable bonds is 6. The van der Waals surface area contributed by atoms with Crippen LogP contribution in [0.3, 0.4) is 0 Å². The van der Waals surface area contributed by atoms with E-state index in [0.29, 0.717) is 12.2 Å². The Hall–Kier alpha value is -4.32. The SMILES string of the molecule is N/C(Cc1ccncc1)=c1/cccc/c1=C(/N)Nc1ccc(Oc2ccncc2)cc1. The molecule has 0 atom stereocenters. The molecule has 0 fully saturated rings. The highest BCUT2D eigenvalue weighted by molar-refractivity contribution is 5.64. The van der Waals surface area contributed by atoms with Crippen LogP contribution in [0.4, 0.5) is 5.69 Å². The lowest BCUT2D eigenvalue weighted by Gasteiger charge is -2.10. The summed E-state index contributed by atoms with van der Waals surface area (Å²) in [5.74, 6) is 1.98. The molecule has 5 N–H and O–H groups in total. The van der Waals surface area contributed by atoms with Crippen molar-refractivity contribution in [3.63, 3.8) is 0 Å². The fourth-order valence-electron chi connectivity index (χ4n) is 3.19. The number of anilines is 1. The summed E-state index contributed by atoms with van der Waals surface area (Å²) in [7, 11) is 0. The van der Waals surface area contributed by atoms with Gasteiger partial charge in [0.1, 0.15) is 17.3 Å². The van der Waals surface area contributed by atoms with Gasteiger partial charge in [0.15, 0.2) is 0 Å². The van der Waals surface area contributed by atoms with Crippen molar-refractivity contribution in [2.75, 3.05) is 5.32 Å². The van der Waals surface area contributed by atoms with Crippen LogP contribution in [0.25, 0.3) is 11.5 Å². The lowest BCUT2D eigenvalue weighted by molar-refractivity contribution is 0.482. The molecule has 0 saturated carbocycles. The first-order chi connectivity index (χ1) is 15.2. The summed E-state index contributed by atoms with van der Waals surface area (Å²) in [6.07, 6.45) is 7.52. The third kappa shape index (κ3) is 5.19. The van der Waals surface area contributed by atoms with Crippen molar-refractivity contribution in [1.29, 1.82) is 0 Å². The Balaban J connectivity index is 1.58. The lowest BCUT2D eigenvalue weighted by atomic mass is 10.1. The Morgan fingerprint density at radius 3 is 1.97 bits per heavy atom. The van der Waals surface area contributed by atoms with Gasteiger partial charge in [0.2, 0.25) is 0 Å². The number of ether oxygens (including phenoxy) is 1. The Bertz CT molecular complexity index is 1260. The van der Waals surface area contributed by atoms with Crippen LogP contribution in [-0.2, 0) is 6.42 Å². The molecule has 4 rings (SSSR count). The highest BCUT2D eigenvalue weighted by atomic mass is 16.5. The first kappa shape index (κ1) is 20.0. The van der Waals surface area contributed by atoms with Crippen LogP contribution < -0.4 is 32.0 Å². The number of hydrogen-bond donors (Lipinski definition) is 3. The molecule has 2 heterocycles. The molecule has 0 bridgehead atoms. The number of nitrogens with one attached hydrogen (secondary N) is 1. The molecule has 6 nitrogen and oxygen atoms in total. The molecule has 4 aromatic rings. The highest BCUT2D eigenvalue weighted by Gasteiger charge is 2.02. The molecule has 0 aliphatic heterocycles. The van der Waals surface area contributed by atoms with Crippen molar-refractivity contribution < 1.29 is 4.74 Å². The third-order valence-electron chi connectivity index (χ3n) is 4.73. The van der Waals surface area contributed by atoms with Gasteiger partial charge in [-0.25, -0.2) is 0 Å². The van der Waals surface area contributed by atoms with Gasteiger partial charge in [-0.1, -0.05) is 24.3 Å². The Kier molecular flexibility index (Phi) is 6.09. The molecule has 154 valence electrons. The maximum absolute atomic E-state index is 6.43. The van der Waals surface area contributed by atoms with E-state index >= 15 is 0 Å². The minimum atomic E-state index is 0.524. The molecule has 2 aromatic carbocycles. The Labute approximate surface area is 180 Å². The van der Waals surface area contributed by atoms with Crippen molar-refractivity contribution in [2.24, 2.45) is 11.5 Å². The number of nitrogens with two attached hydrogens (primary N) is 2. The van der Waals surface area contributed by atoms with Crippen LogP contribution in [0.5, 0.6) is 11.5 Å². The van der Waals surface area contributed by atoms with Gasteiger partial charge in [-0.2, -0.15) is 0 Å². The van der Waals surface area contributed by atoms with Crippen molar-refractivity contribution in [1.82, 2.24) is 9.97 Å². The van der Waals surface area contributed by atoms with Gasteiger partial charge in [-0.15, -0.1) is 0 Å². The highest BCUT2D eigenvalue weighted by Crippen LogP contribution is 2.22. The molecular formula is C25H23N5O. The minimum absolute atomic E-state index is 0.524. The van der Waals surface area contributed by atoms with Crippen molar-refractivity contribution in [3.05, 3.63) is 114 Å². The number of benzene rings is 2. The summed E-state index contributed by atoms with van der Waals surface area (Å²) in [6.45, 7) is 0. The second-order valence-corrected chi connectivity index (χ2v) is 6.95. The summed E-state index contributed by atoms with van der Waals surface area (Å²) in [4.78, 5) is 8.04. The third-order valence-corrected chi connectivity index (χ3v) is 4.73. The molecule has 6 heteroatoms. The monoisotopic (exact) mass is 409 g/mol. The molecule has 0 radical (unpaired) electrons. The summed E-state index contributed by atoms with van der Waals surface area (Å²) in [5.41, 5.74) is 15.5. The molecule has 2 aromatic heterocycles. The molecule has 0 aliphatic carbocycles. The van der Waals surface area contributed by atoms with Crippen LogP contribution in [0.1, 0.15) is 5.56 Å². The predicted molar refractivity (Wildman–Crippen MR) is 123 cm³/mol. The van der Waals surface area contributed by atoms with Gasteiger partial charge >= 0.3 is 0 Å². The molecule has 0 saturated heterocycles. The standard InChI is InChI=1S/C25H23N5O/c26-24(17-18-9-13-28-14-10-18)22-3-1-2-4-23(22)25(27)30-19-5-7-20(8-6-19)31-21-11-15-29-16-12-21/h1-16,30H,17,26-27H2/b24-22-,25-23+. The number of pyridine rings is 2. The van der Waals surface area contributed by atoms with Crippen LogP contribution in [0, 0.1) is 0 Å². The number of nitrogens with zero attached hydrogens (tertiary/aromatic N) is 2. The Morgan fingerprint density at radius 2 is 1.29 bits per heavy atom. The van der Waals surface area contributed by atoms with E-state index in [-0.39, 0.29) is 0 Å². The van der Waals surface area contributed by atoms with E-state index < -0.39 is 0 Å².